The number of fused-ring (bicyclic) bond motifs is 1. The van der Waals surface area contributed by atoms with Gasteiger partial charge in [-0.3, -0.25) is 4.79 Å². The highest BCUT2D eigenvalue weighted by Gasteiger charge is 2.70. The molecule has 3 aliphatic rings. The van der Waals surface area contributed by atoms with Crippen molar-refractivity contribution in [3.8, 4) is 0 Å². The Morgan fingerprint density at radius 3 is 2.59 bits per heavy atom. The molecule has 2 saturated carbocycles. The van der Waals surface area contributed by atoms with Crippen LogP contribution in [0.2, 0.25) is 0 Å². The van der Waals surface area contributed by atoms with Gasteiger partial charge in [-0.05, 0) is 35.7 Å². The number of hydrogen-bond donors (Lipinski definition) is 1. The fourth-order valence-electron chi connectivity index (χ4n) is 5.08. The first-order valence-corrected chi connectivity index (χ1v) is 6.67. The highest BCUT2D eigenvalue weighted by molar-refractivity contribution is 5.93. The van der Waals surface area contributed by atoms with Gasteiger partial charge in [0.15, 0.2) is 5.78 Å². The van der Waals surface area contributed by atoms with Crippen LogP contribution in [0.1, 0.15) is 47.0 Å². The smallest absolute Gasteiger partial charge is 0.156 e. The minimum absolute atomic E-state index is 0.00891. The van der Waals surface area contributed by atoms with E-state index < -0.39 is 0 Å². The third-order valence-corrected chi connectivity index (χ3v) is 5.97. The number of aliphatic hydroxyl groups is 1. The summed E-state index contributed by atoms with van der Waals surface area (Å²) in [5.74, 6) is 0.572. The van der Waals surface area contributed by atoms with Crippen LogP contribution in [-0.2, 0) is 4.79 Å². The van der Waals surface area contributed by atoms with Crippen molar-refractivity contribution >= 4 is 5.78 Å². The van der Waals surface area contributed by atoms with Crippen molar-refractivity contribution in [1.29, 1.82) is 0 Å². The van der Waals surface area contributed by atoms with Crippen LogP contribution in [0.5, 0.6) is 0 Å². The number of aliphatic hydroxyl groups excluding tert-OH is 1. The van der Waals surface area contributed by atoms with Crippen molar-refractivity contribution in [3.63, 3.8) is 0 Å². The summed E-state index contributed by atoms with van der Waals surface area (Å²) in [6, 6.07) is 0. The lowest BCUT2D eigenvalue weighted by Crippen LogP contribution is -2.47. The molecule has 3 aliphatic carbocycles. The molecule has 3 atom stereocenters. The molecule has 3 rings (SSSR count). The number of allylic oxidation sites excluding steroid dienone is 1. The number of ketones is 1. The van der Waals surface area contributed by atoms with E-state index in [9.17, 15) is 9.90 Å². The van der Waals surface area contributed by atoms with Crippen LogP contribution in [0, 0.1) is 22.2 Å². The molecule has 2 fully saturated rings. The van der Waals surface area contributed by atoms with E-state index >= 15 is 0 Å². The van der Waals surface area contributed by atoms with Gasteiger partial charge in [-0.25, -0.2) is 0 Å². The second-order valence-corrected chi connectivity index (χ2v) is 7.37. The van der Waals surface area contributed by atoms with Crippen LogP contribution in [0.25, 0.3) is 0 Å². The van der Waals surface area contributed by atoms with Crippen molar-refractivity contribution in [2.45, 2.75) is 53.1 Å². The first-order valence-electron chi connectivity index (χ1n) is 6.67. The molecule has 0 aliphatic heterocycles. The van der Waals surface area contributed by atoms with Gasteiger partial charge in [-0.1, -0.05) is 33.3 Å². The highest BCUT2D eigenvalue weighted by atomic mass is 16.3. The number of rotatable bonds is 0. The summed E-state index contributed by atoms with van der Waals surface area (Å²) in [5, 5.41) is 10.7. The predicted molar refractivity (Wildman–Crippen MR) is 66.4 cm³/mol. The Bertz CT molecular complexity index is 430. The molecule has 17 heavy (non-hydrogen) atoms. The zero-order valence-electron chi connectivity index (χ0n) is 11.2. The molecule has 1 N–H and O–H groups in total. The van der Waals surface area contributed by atoms with Crippen LogP contribution in [0.3, 0.4) is 0 Å². The minimum Gasteiger partial charge on any atom is -0.392 e. The molecule has 1 spiro atoms. The maximum Gasteiger partial charge on any atom is 0.156 e. The summed E-state index contributed by atoms with van der Waals surface area (Å²) in [7, 11) is 0. The SMILES string of the molecule is CC1(C)C2=CC(=O)CC(C)(C)[C@]23CC[C@H]1[C@H]3O. The predicted octanol–water partition coefficient (Wildman–Crippen LogP) is 2.71. The molecular formula is C15H22O2. The molecule has 0 aromatic rings. The fourth-order valence-corrected chi connectivity index (χ4v) is 5.08. The van der Waals surface area contributed by atoms with E-state index in [4.69, 9.17) is 0 Å². The second-order valence-electron chi connectivity index (χ2n) is 7.37. The van der Waals surface area contributed by atoms with Gasteiger partial charge in [-0.15, -0.1) is 0 Å². The normalized spacial score (nSPS) is 45.7. The highest BCUT2D eigenvalue weighted by Crippen LogP contribution is 2.73. The minimum atomic E-state index is -0.258. The number of hydrogen-bond acceptors (Lipinski definition) is 2. The zero-order chi connectivity index (χ0) is 12.6. The largest absolute Gasteiger partial charge is 0.392 e. The van der Waals surface area contributed by atoms with Crippen molar-refractivity contribution in [2.75, 3.05) is 0 Å². The van der Waals surface area contributed by atoms with Gasteiger partial charge in [0.05, 0.1) is 6.10 Å². The van der Waals surface area contributed by atoms with Gasteiger partial charge in [0.25, 0.3) is 0 Å². The van der Waals surface area contributed by atoms with Crippen molar-refractivity contribution < 1.29 is 9.90 Å². The number of carbonyl (C=O) groups excluding carboxylic acids is 1. The Morgan fingerprint density at radius 1 is 1.29 bits per heavy atom. The molecule has 0 unspecified atom stereocenters. The third-order valence-electron chi connectivity index (χ3n) is 5.97. The summed E-state index contributed by atoms with van der Waals surface area (Å²) in [6.07, 6.45) is 4.33. The van der Waals surface area contributed by atoms with Gasteiger partial charge in [0.1, 0.15) is 0 Å². The number of carbonyl (C=O) groups is 1. The third kappa shape index (κ3) is 1.04. The lowest BCUT2D eigenvalue weighted by Gasteiger charge is -2.50. The Hall–Kier alpha value is -0.630. The lowest BCUT2D eigenvalue weighted by atomic mass is 9.53. The van der Waals surface area contributed by atoms with E-state index in [0.717, 1.165) is 12.8 Å². The lowest BCUT2D eigenvalue weighted by molar-refractivity contribution is -0.121. The van der Waals surface area contributed by atoms with Crippen molar-refractivity contribution in [3.05, 3.63) is 11.6 Å². The molecule has 2 heteroatoms. The van der Waals surface area contributed by atoms with Crippen LogP contribution < -0.4 is 0 Å². The van der Waals surface area contributed by atoms with Crippen LogP contribution in [-0.4, -0.2) is 17.0 Å². The molecule has 0 heterocycles. The fraction of sp³-hybridized carbons (Fsp3) is 0.800. The molecule has 94 valence electrons. The van der Waals surface area contributed by atoms with Crippen LogP contribution in [0.4, 0.5) is 0 Å². The molecule has 0 aromatic carbocycles. The van der Waals surface area contributed by atoms with E-state index in [1.165, 1.54) is 5.57 Å². The van der Waals surface area contributed by atoms with Crippen molar-refractivity contribution in [2.24, 2.45) is 22.2 Å². The standard InChI is InChI=1S/C15H22O2/c1-13(2)8-9(16)7-11-14(3,4)10-5-6-15(11,13)12(10)17/h7,10,12,17H,5-6,8H2,1-4H3/t10-,12+,15+/m0/s1. The molecular weight excluding hydrogens is 212 g/mol. The maximum absolute atomic E-state index is 11.9. The van der Waals surface area contributed by atoms with E-state index in [-0.39, 0.29) is 28.1 Å². The van der Waals surface area contributed by atoms with Gasteiger partial charge in [-0.2, -0.15) is 0 Å². The van der Waals surface area contributed by atoms with Crippen molar-refractivity contribution in [1.82, 2.24) is 0 Å². The Kier molecular flexibility index (Phi) is 1.92. The topological polar surface area (TPSA) is 37.3 Å². The molecule has 0 radical (unpaired) electrons. The summed E-state index contributed by atoms with van der Waals surface area (Å²) in [4.78, 5) is 11.9. The zero-order valence-corrected chi connectivity index (χ0v) is 11.2. The maximum atomic E-state index is 11.9. The monoisotopic (exact) mass is 234 g/mol. The second kappa shape index (κ2) is 2.85. The van der Waals surface area contributed by atoms with E-state index in [1.807, 2.05) is 6.08 Å². The Labute approximate surface area is 103 Å². The van der Waals surface area contributed by atoms with Gasteiger partial charge in [0, 0.05) is 11.8 Å². The Balaban J connectivity index is 2.27. The molecule has 0 amide bonds. The first kappa shape index (κ1) is 11.5. The molecule has 0 saturated heterocycles. The van der Waals surface area contributed by atoms with Gasteiger partial charge in [0.2, 0.25) is 0 Å². The average Bonchev–Trinajstić information content (AvgIpc) is 2.57. The molecule has 2 nitrogen and oxygen atoms in total. The van der Waals surface area contributed by atoms with E-state index in [0.29, 0.717) is 12.3 Å². The van der Waals surface area contributed by atoms with Gasteiger partial charge < -0.3 is 5.11 Å². The van der Waals surface area contributed by atoms with Gasteiger partial charge >= 0.3 is 0 Å². The molecule has 0 aromatic heterocycles. The van der Waals surface area contributed by atoms with E-state index in [2.05, 4.69) is 27.7 Å². The average molecular weight is 234 g/mol. The first-order chi connectivity index (χ1) is 7.73. The Morgan fingerprint density at radius 2 is 1.94 bits per heavy atom. The summed E-state index contributed by atoms with van der Waals surface area (Å²) in [5.41, 5.74) is 0.992. The molecule has 2 bridgehead atoms. The van der Waals surface area contributed by atoms with Crippen LogP contribution in [0.15, 0.2) is 11.6 Å². The summed E-state index contributed by atoms with van der Waals surface area (Å²) < 4.78 is 0. The van der Waals surface area contributed by atoms with Crippen LogP contribution >= 0.6 is 0 Å². The quantitative estimate of drug-likeness (QED) is 0.699. The summed E-state index contributed by atoms with van der Waals surface area (Å²) in [6.45, 7) is 8.71. The summed E-state index contributed by atoms with van der Waals surface area (Å²) >= 11 is 0. The van der Waals surface area contributed by atoms with E-state index in [1.54, 1.807) is 0 Å².